The molecular weight excluding hydrogens is 390 g/mol. The quantitative estimate of drug-likeness (QED) is 0.770. The lowest BCUT2D eigenvalue weighted by Gasteiger charge is -2.42. The minimum atomic E-state index is -0.887. The monoisotopic (exact) mass is 417 g/mol. The SMILES string of the molecule is COc1ccccc1C1(c2cc(Cl)ccc2OC)CCN(C(C)(C)C)[C@@H]1C(=O)O. The maximum absolute atomic E-state index is 12.7. The summed E-state index contributed by atoms with van der Waals surface area (Å²) < 4.78 is 11.3. The smallest absolute Gasteiger partial charge is 0.322 e. The number of aliphatic carboxylic acids is 1. The lowest BCUT2D eigenvalue weighted by molar-refractivity contribution is -0.145. The van der Waals surface area contributed by atoms with Gasteiger partial charge >= 0.3 is 5.97 Å². The molecule has 1 aliphatic rings. The average Bonchev–Trinajstić information content (AvgIpc) is 3.10. The topological polar surface area (TPSA) is 59.0 Å². The molecule has 0 radical (unpaired) electrons. The molecule has 1 N–H and O–H groups in total. The van der Waals surface area contributed by atoms with E-state index in [4.69, 9.17) is 21.1 Å². The number of rotatable bonds is 5. The van der Waals surface area contributed by atoms with Crippen molar-refractivity contribution in [3.8, 4) is 11.5 Å². The molecule has 0 bridgehead atoms. The van der Waals surface area contributed by atoms with Crippen LogP contribution >= 0.6 is 11.6 Å². The number of hydrogen-bond acceptors (Lipinski definition) is 4. The molecule has 1 fully saturated rings. The molecule has 29 heavy (non-hydrogen) atoms. The van der Waals surface area contributed by atoms with Crippen LogP contribution in [0.4, 0.5) is 0 Å². The van der Waals surface area contributed by atoms with Gasteiger partial charge in [0.2, 0.25) is 0 Å². The van der Waals surface area contributed by atoms with E-state index in [2.05, 4.69) is 0 Å². The van der Waals surface area contributed by atoms with Crippen LogP contribution in [0.15, 0.2) is 42.5 Å². The maximum Gasteiger partial charge on any atom is 0.322 e. The Balaban J connectivity index is 2.41. The van der Waals surface area contributed by atoms with E-state index in [0.717, 1.165) is 11.1 Å². The fourth-order valence-electron chi connectivity index (χ4n) is 4.65. The van der Waals surface area contributed by atoms with Crippen LogP contribution in [-0.4, -0.2) is 48.3 Å². The van der Waals surface area contributed by atoms with Crippen LogP contribution in [-0.2, 0) is 10.2 Å². The lowest BCUT2D eigenvalue weighted by atomic mass is 9.68. The van der Waals surface area contributed by atoms with Crippen molar-refractivity contribution >= 4 is 17.6 Å². The molecule has 5 nitrogen and oxygen atoms in total. The number of nitrogens with zero attached hydrogens (tertiary/aromatic N) is 1. The Morgan fingerprint density at radius 3 is 2.31 bits per heavy atom. The van der Waals surface area contributed by atoms with Crippen LogP contribution in [0.25, 0.3) is 0 Å². The largest absolute Gasteiger partial charge is 0.496 e. The highest BCUT2D eigenvalue weighted by molar-refractivity contribution is 6.30. The van der Waals surface area contributed by atoms with E-state index in [-0.39, 0.29) is 5.54 Å². The third kappa shape index (κ3) is 3.58. The number of ether oxygens (including phenoxy) is 2. The van der Waals surface area contributed by atoms with Crippen molar-refractivity contribution in [1.82, 2.24) is 4.90 Å². The van der Waals surface area contributed by atoms with Gasteiger partial charge in [-0.3, -0.25) is 9.69 Å². The zero-order valence-electron chi connectivity index (χ0n) is 17.5. The molecule has 3 rings (SSSR count). The van der Waals surface area contributed by atoms with Crippen LogP contribution in [0.5, 0.6) is 11.5 Å². The van der Waals surface area contributed by atoms with Crippen molar-refractivity contribution in [1.29, 1.82) is 0 Å². The highest BCUT2D eigenvalue weighted by Gasteiger charge is 2.57. The standard InChI is InChI=1S/C23H28ClNO4/c1-22(2,3)25-13-12-23(20(25)21(26)27,16-8-6-7-9-18(16)28-4)17-14-15(24)10-11-19(17)29-5/h6-11,14,20H,12-13H2,1-5H3,(H,26,27)/t20-,23?/m1/s1. The number of para-hydroxylation sites is 1. The number of likely N-dealkylation sites (tertiary alicyclic amines) is 1. The molecule has 2 aromatic rings. The van der Waals surface area contributed by atoms with Crippen LogP contribution in [0.3, 0.4) is 0 Å². The van der Waals surface area contributed by atoms with Gasteiger partial charge in [0.1, 0.15) is 17.5 Å². The first-order valence-corrected chi connectivity index (χ1v) is 10.0. The Labute approximate surface area is 177 Å². The van der Waals surface area contributed by atoms with Gasteiger partial charge in [0.25, 0.3) is 0 Å². The molecular formula is C23H28ClNO4. The molecule has 1 heterocycles. The van der Waals surface area contributed by atoms with Gasteiger partial charge in [-0.15, -0.1) is 0 Å². The van der Waals surface area contributed by atoms with Crippen molar-refractivity contribution in [3.63, 3.8) is 0 Å². The molecule has 1 saturated heterocycles. The van der Waals surface area contributed by atoms with Gasteiger partial charge in [-0.25, -0.2) is 0 Å². The normalized spacial score (nSPS) is 22.5. The molecule has 2 aromatic carbocycles. The van der Waals surface area contributed by atoms with Gasteiger partial charge in [-0.1, -0.05) is 29.8 Å². The molecule has 2 atom stereocenters. The van der Waals surface area contributed by atoms with E-state index in [1.165, 1.54) is 0 Å². The summed E-state index contributed by atoms with van der Waals surface area (Å²) in [6.07, 6.45) is 0.596. The summed E-state index contributed by atoms with van der Waals surface area (Å²) in [7, 11) is 3.20. The molecule has 0 amide bonds. The van der Waals surface area contributed by atoms with Crippen LogP contribution in [0.1, 0.15) is 38.3 Å². The first-order valence-electron chi connectivity index (χ1n) is 9.64. The summed E-state index contributed by atoms with van der Waals surface area (Å²) in [4.78, 5) is 14.8. The third-order valence-corrected chi connectivity index (χ3v) is 6.09. The summed E-state index contributed by atoms with van der Waals surface area (Å²) in [5, 5.41) is 11.0. The fraction of sp³-hybridized carbons (Fsp3) is 0.435. The minimum Gasteiger partial charge on any atom is -0.496 e. The maximum atomic E-state index is 12.7. The zero-order valence-corrected chi connectivity index (χ0v) is 18.3. The molecule has 1 unspecified atom stereocenters. The Hall–Kier alpha value is -2.24. The molecule has 6 heteroatoms. The highest BCUT2D eigenvalue weighted by Crippen LogP contribution is 2.53. The third-order valence-electron chi connectivity index (χ3n) is 5.85. The summed E-state index contributed by atoms with van der Waals surface area (Å²) in [6, 6.07) is 12.2. The van der Waals surface area contributed by atoms with Gasteiger partial charge in [-0.05, 0) is 51.5 Å². The van der Waals surface area contributed by atoms with E-state index >= 15 is 0 Å². The predicted octanol–water partition coefficient (Wildman–Crippen LogP) is 4.60. The zero-order chi connectivity index (χ0) is 21.4. The molecule has 156 valence electrons. The number of methoxy groups -OCH3 is 2. The Morgan fingerprint density at radius 1 is 1.10 bits per heavy atom. The van der Waals surface area contributed by atoms with Crippen molar-refractivity contribution < 1.29 is 19.4 Å². The summed E-state index contributed by atoms with van der Waals surface area (Å²) in [6.45, 7) is 6.73. The summed E-state index contributed by atoms with van der Waals surface area (Å²) in [5.74, 6) is 0.379. The van der Waals surface area contributed by atoms with Crippen molar-refractivity contribution in [2.75, 3.05) is 20.8 Å². The van der Waals surface area contributed by atoms with E-state index in [9.17, 15) is 9.90 Å². The number of hydrogen-bond donors (Lipinski definition) is 1. The number of carbonyl (C=O) groups is 1. The highest BCUT2D eigenvalue weighted by atomic mass is 35.5. The average molecular weight is 418 g/mol. The predicted molar refractivity (Wildman–Crippen MR) is 114 cm³/mol. The van der Waals surface area contributed by atoms with Gasteiger partial charge in [-0.2, -0.15) is 0 Å². The van der Waals surface area contributed by atoms with Crippen LogP contribution in [0, 0.1) is 0 Å². The molecule has 0 aliphatic carbocycles. The van der Waals surface area contributed by atoms with E-state index in [0.29, 0.717) is 29.5 Å². The Morgan fingerprint density at radius 2 is 1.72 bits per heavy atom. The lowest BCUT2D eigenvalue weighted by Crippen LogP contribution is -2.54. The number of benzene rings is 2. The Bertz CT molecular complexity index is 908. The minimum absolute atomic E-state index is 0.335. The van der Waals surface area contributed by atoms with Gasteiger partial charge < -0.3 is 14.6 Å². The van der Waals surface area contributed by atoms with Gasteiger partial charge in [0, 0.05) is 28.2 Å². The van der Waals surface area contributed by atoms with Gasteiger partial charge in [0.05, 0.1) is 19.6 Å². The van der Waals surface area contributed by atoms with Crippen molar-refractivity contribution in [2.24, 2.45) is 0 Å². The molecule has 0 spiro atoms. The number of halogens is 1. The van der Waals surface area contributed by atoms with Crippen molar-refractivity contribution in [3.05, 3.63) is 58.6 Å². The first kappa shape index (κ1) is 21.5. The van der Waals surface area contributed by atoms with Crippen LogP contribution in [0.2, 0.25) is 5.02 Å². The Kier molecular flexibility index (Phi) is 5.84. The second-order valence-electron chi connectivity index (χ2n) is 8.37. The van der Waals surface area contributed by atoms with Gasteiger partial charge in [0.15, 0.2) is 0 Å². The fourth-order valence-corrected chi connectivity index (χ4v) is 4.82. The molecule has 0 aromatic heterocycles. The second kappa shape index (κ2) is 7.88. The van der Waals surface area contributed by atoms with Crippen molar-refractivity contribution in [2.45, 2.75) is 44.2 Å². The van der Waals surface area contributed by atoms with E-state index < -0.39 is 17.4 Å². The first-order chi connectivity index (χ1) is 13.7. The number of carboxylic acid groups (broad SMARTS) is 1. The summed E-state index contributed by atoms with van der Waals surface area (Å²) in [5.41, 5.74) is 0.360. The van der Waals surface area contributed by atoms with E-state index in [1.807, 2.05) is 56.0 Å². The second-order valence-corrected chi connectivity index (χ2v) is 8.81. The number of carboxylic acids is 1. The van der Waals surface area contributed by atoms with E-state index in [1.54, 1.807) is 26.4 Å². The molecule has 0 saturated carbocycles. The summed E-state index contributed by atoms with van der Waals surface area (Å²) >= 11 is 6.38. The molecule has 1 aliphatic heterocycles. The van der Waals surface area contributed by atoms with Crippen LogP contribution < -0.4 is 9.47 Å².